The van der Waals surface area contributed by atoms with E-state index in [1.54, 1.807) is 24.3 Å². The quantitative estimate of drug-likeness (QED) is 0.558. The predicted octanol–water partition coefficient (Wildman–Crippen LogP) is 1.31. The standard InChI is InChI=1S/C16H23F2N3O3/c1-2-24-13-7-4-3-6-12(13)15(23)20-9-5-8-14(22)21-11-16(17,18)10-19/h3-4,6-7H,2,5,8-11,19H2,1H3,(H,20,23)(H,21,22). The Morgan fingerprint density at radius 1 is 1.25 bits per heavy atom. The van der Waals surface area contributed by atoms with Crippen LogP contribution in [0.4, 0.5) is 8.78 Å². The van der Waals surface area contributed by atoms with Crippen molar-refractivity contribution >= 4 is 11.8 Å². The van der Waals surface area contributed by atoms with Gasteiger partial charge in [-0.1, -0.05) is 12.1 Å². The van der Waals surface area contributed by atoms with Crippen LogP contribution in [0.15, 0.2) is 24.3 Å². The molecule has 0 aromatic heterocycles. The van der Waals surface area contributed by atoms with Gasteiger partial charge >= 0.3 is 0 Å². The summed E-state index contributed by atoms with van der Waals surface area (Å²) >= 11 is 0. The second-order valence-corrected chi connectivity index (χ2v) is 5.13. The van der Waals surface area contributed by atoms with Gasteiger partial charge in [-0.15, -0.1) is 0 Å². The van der Waals surface area contributed by atoms with Crippen LogP contribution in [0, 0.1) is 0 Å². The Morgan fingerprint density at radius 3 is 2.62 bits per heavy atom. The molecule has 0 aliphatic carbocycles. The molecular weight excluding hydrogens is 320 g/mol. The van der Waals surface area contributed by atoms with E-state index in [4.69, 9.17) is 10.5 Å². The molecule has 8 heteroatoms. The average Bonchev–Trinajstić information content (AvgIpc) is 2.57. The second-order valence-electron chi connectivity index (χ2n) is 5.13. The van der Waals surface area contributed by atoms with Crippen LogP contribution in [0.5, 0.6) is 5.75 Å². The van der Waals surface area contributed by atoms with Crippen LogP contribution in [0.3, 0.4) is 0 Å². The third-order valence-electron chi connectivity index (χ3n) is 3.14. The summed E-state index contributed by atoms with van der Waals surface area (Å²) in [4.78, 5) is 23.5. The van der Waals surface area contributed by atoms with Crippen molar-refractivity contribution in [2.45, 2.75) is 25.7 Å². The van der Waals surface area contributed by atoms with Crippen molar-refractivity contribution < 1.29 is 23.1 Å². The largest absolute Gasteiger partial charge is 0.493 e. The Kier molecular flexibility index (Phi) is 8.11. The Balaban J connectivity index is 2.32. The van der Waals surface area contributed by atoms with Gasteiger partial charge in [0.1, 0.15) is 5.75 Å². The van der Waals surface area contributed by atoms with Gasteiger partial charge < -0.3 is 21.1 Å². The number of hydrogen-bond acceptors (Lipinski definition) is 4. The molecular formula is C16H23F2N3O3. The fourth-order valence-electron chi connectivity index (χ4n) is 1.87. The molecule has 4 N–H and O–H groups in total. The van der Waals surface area contributed by atoms with E-state index in [1.165, 1.54) is 0 Å². The number of carbonyl (C=O) groups is 2. The minimum Gasteiger partial charge on any atom is -0.493 e. The number of nitrogens with one attached hydrogen (secondary N) is 2. The van der Waals surface area contributed by atoms with Crippen LogP contribution in [-0.2, 0) is 4.79 Å². The maximum atomic E-state index is 12.9. The molecule has 0 heterocycles. The lowest BCUT2D eigenvalue weighted by Crippen LogP contribution is -2.41. The Bertz CT molecular complexity index is 553. The molecule has 0 aliphatic heterocycles. The minimum absolute atomic E-state index is 0.0358. The van der Waals surface area contributed by atoms with Gasteiger partial charge in [-0.25, -0.2) is 8.78 Å². The number of amides is 2. The van der Waals surface area contributed by atoms with Crippen LogP contribution in [0.1, 0.15) is 30.1 Å². The molecule has 1 aromatic carbocycles. The first-order valence-electron chi connectivity index (χ1n) is 7.74. The fourth-order valence-corrected chi connectivity index (χ4v) is 1.87. The topological polar surface area (TPSA) is 93.4 Å². The normalized spacial score (nSPS) is 11.0. The molecule has 0 unspecified atom stereocenters. The molecule has 6 nitrogen and oxygen atoms in total. The summed E-state index contributed by atoms with van der Waals surface area (Å²) in [5.41, 5.74) is 5.29. The van der Waals surface area contributed by atoms with E-state index < -0.39 is 24.9 Å². The molecule has 1 aromatic rings. The number of hydrogen-bond donors (Lipinski definition) is 3. The average molecular weight is 343 g/mol. The molecule has 0 atom stereocenters. The van der Waals surface area contributed by atoms with Crippen LogP contribution < -0.4 is 21.1 Å². The van der Waals surface area contributed by atoms with Crippen LogP contribution >= 0.6 is 0 Å². The number of nitrogens with two attached hydrogens (primary N) is 1. The predicted molar refractivity (Wildman–Crippen MR) is 86.2 cm³/mol. The zero-order chi connectivity index (χ0) is 18.0. The summed E-state index contributed by atoms with van der Waals surface area (Å²) in [5, 5.41) is 4.79. The molecule has 0 bridgehead atoms. The summed E-state index contributed by atoms with van der Waals surface area (Å²) in [6.07, 6.45) is 0.372. The van der Waals surface area contributed by atoms with Gasteiger partial charge in [0.2, 0.25) is 5.91 Å². The highest BCUT2D eigenvalue weighted by Gasteiger charge is 2.26. The highest BCUT2D eigenvalue weighted by atomic mass is 19.3. The Morgan fingerprint density at radius 2 is 1.96 bits per heavy atom. The van der Waals surface area contributed by atoms with Gasteiger partial charge in [-0.3, -0.25) is 9.59 Å². The first kappa shape index (κ1) is 19.8. The number of ether oxygens (including phenoxy) is 1. The van der Waals surface area contributed by atoms with Crippen LogP contribution in [0.2, 0.25) is 0 Å². The van der Waals surface area contributed by atoms with Crippen molar-refractivity contribution in [3.8, 4) is 5.75 Å². The van der Waals surface area contributed by atoms with Gasteiger partial charge in [-0.05, 0) is 25.5 Å². The number of benzene rings is 1. The SMILES string of the molecule is CCOc1ccccc1C(=O)NCCCC(=O)NCC(F)(F)CN. The summed E-state index contributed by atoms with van der Waals surface area (Å²) in [6, 6.07) is 6.83. The molecule has 2 amide bonds. The van der Waals surface area contributed by atoms with E-state index in [0.717, 1.165) is 0 Å². The smallest absolute Gasteiger partial charge is 0.277 e. The second kappa shape index (κ2) is 9.82. The summed E-state index contributed by atoms with van der Waals surface area (Å²) in [5.74, 6) is -3.44. The molecule has 0 radical (unpaired) electrons. The summed E-state index contributed by atoms with van der Waals surface area (Å²) < 4.78 is 31.1. The van der Waals surface area contributed by atoms with Crippen molar-refractivity contribution in [2.75, 3.05) is 26.2 Å². The lowest BCUT2D eigenvalue weighted by molar-refractivity contribution is -0.122. The van der Waals surface area contributed by atoms with Crippen LogP contribution in [0.25, 0.3) is 0 Å². The van der Waals surface area contributed by atoms with Crippen molar-refractivity contribution in [2.24, 2.45) is 5.73 Å². The monoisotopic (exact) mass is 343 g/mol. The molecule has 24 heavy (non-hydrogen) atoms. The number of alkyl halides is 2. The van der Waals surface area contributed by atoms with Gasteiger partial charge in [0.15, 0.2) is 0 Å². The molecule has 0 saturated carbocycles. The van der Waals surface area contributed by atoms with Gasteiger partial charge in [0.05, 0.1) is 25.3 Å². The van der Waals surface area contributed by atoms with Gasteiger partial charge in [-0.2, -0.15) is 0 Å². The molecule has 0 fully saturated rings. The zero-order valence-electron chi connectivity index (χ0n) is 13.6. The Labute approximate surface area is 139 Å². The minimum atomic E-state index is -3.10. The first-order chi connectivity index (χ1) is 11.4. The highest BCUT2D eigenvalue weighted by Crippen LogP contribution is 2.17. The molecule has 0 saturated heterocycles. The van der Waals surface area contributed by atoms with Gasteiger partial charge in [0, 0.05) is 13.0 Å². The highest BCUT2D eigenvalue weighted by molar-refractivity contribution is 5.96. The number of rotatable bonds is 10. The zero-order valence-corrected chi connectivity index (χ0v) is 13.6. The van der Waals surface area contributed by atoms with E-state index in [2.05, 4.69) is 10.6 Å². The number of carbonyl (C=O) groups excluding carboxylic acids is 2. The van der Waals surface area contributed by atoms with Crippen molar-refractivity contribution in [3.05, 3.63) is 29.8 Å². The number of halogens is 2. The lowest BCUT2D eigenvalue weighted by atomic mass is 10.2. The molecule has 1 rings (SSSR count). The molecule has 0 spiro atoms. The van der Waals surface area contributed by atoms with Crippen molar-refractivity contribution in [1.82, 2.24) is 10.6 Å². The lowest BCUT2D eigenvalue weighted by Gasteiger charge is -2.14. The maximum Gasteiger partial charge on any atom is 0.277 e. The van der Waals surface area contributed by atoms with Crippen molar-refractivity contribution in [1.29, 1.82) is 0 Å². The molecule has 134 valence electrons. The van der Waals surface area contributed by atoms with Crippen molar-refractivity contribution in [3.63, 3.8) is 0 Å². The maximum absolute atomic E-state index is 12.9. The van der Waals surface area contributed by atoms with E-state index >= 15 is 0 Å². The third kappa shape index (κ3) is 6.91. The van der Waals surface area contributed by atoms with Gasteiger partial charge in [0.25, 0.3) is 11.8 Å². The summed E-state index contributed by atoms with van der Waals surface area (Å²) in [7, 11) is 0. The molecule has 0 aliphatic rings. The first-order valence-corrected chi connectivity index (χ1v) is 7.74. The van der Waals surface area contributed by atoms with Crippen LogP contribution in [-0.4, -0.2) is 44.0 Å². The van der Waals surface area contributed by atoms with E-state index in [9.17, 15) is 18.4 Å². The van der Waals surface area contributed by atoms with E-state index in [1.807, 2.05) is 6.92 Å². The van der Waals surface area contributed by atoms with E-state index in [0.29, 0.717) is 24.3 Å². The number of para-hydroxylation sites is 1. The third-order valence-corrected chi connectivity index (χ3v) is 3.14. The van der Waals surface area contributed by atoms with E-state index in [-0.39, 0.29) is 18.9 Å². The summed E-state index contributed by atoms with van der Waals surface area (Å²) in [6.45, 7) is 0.915. The Hall–Kier alpha value is -2.22. The fraction of sp³-hybridized carbons (Fsp3) is 0.500.